The van der Waals surface area contributed by atoms with Crippen LogP contribution >= 0.6 is 0 Å². The lowest BCUT2D eigenvalue weighted by atomic mass is 10.2. The Kier molecular flexibility index (Phi) is 5.67. The Bertz CT molecular complexity index is 640. The summed E-state index contributed by atoms with van der Waals surface area (Å²) in [5.41, 5.74) is 0.702. The number of carbonyl (C=O) groups is 1. The van der Waals surface area contributed by atoms with E-state index in [1.807, 2.05) is 13.8 Å². The molecule has 2 amide bonds. The Hall–Kier alpha value is -2.44. The van der Waals surface area contributed by atoms with Crippen LogP contribution in [0.25, 0.3) is 11.4 Å². The number of aromatic nitrogens is 2. The number of rotatable bonds is 6. The summed E-state index contributed by atoms with van der Waals surface area (Å²) in [7, 11) is 1.76. The molecule has 0 fully saturated rings. The fourth-order valence-corrected chi connectivity index (χ4v) is 1.87. The van der Waals surface area contributed by atoms with Crippen molar-refractivity contribution in [3.63, 3.8) is 0 Å². The molecule has 6 nitrogen and oxygen atoms in total. The molecule has 23 heavy (non-hydrogen) atoms. The van der Waals surface area contributed by atoms with E-state index in [1.165, 1.54) is 12.1 Å². The number of carbonyl (C=O) groups excluding carboxylic acids is 1. The average Bonchev–Trinajstić information content (AvgIpc) is 3.00. The minimum absolute atomic E-state index is 0.0995. The number of benzene rings is 1. The third-order valence-electron chi connectivity index (χ3n) is 3.51. The number of nitrogens with zero attached hydrogens (tertiary/aromatic N) is 3. The maximum absolute atomic E-state index is 12.9. The summed E-state index contributed by atoms with van der Waals surface area (Å²) >= 11 is 0. The van der Waals surface area contributed by atoms with Crippen molar-refractivity contribution in [1.82, 2.24) is 20.4 Å². The van der Waals surface area contributed by atoms with E-state index >= 15 is 0 Å². The van der Waals surface area contributed by atoms with Gasteiger partial charge in [0.2, 0.25) is 11.7 Å². The van der Waals surface area contributed by atoms with Gasteiger partial charge in [0.05, 0.1) is 0 Å². The maximum atomic E-state index is 12.9. The number of nitrogens with one attached hydrogen (secondary N) is 1. The molecule has 0 aliphatic rings. The van der Waals surface area contributed by atoms with Crippen LogP contribution in [0.5, 0.6) is 0 Å². The van der Waals surface area contributed by atoms with Crippen LogP contribution in [0.2, 0.25) is 0 Å². The average molecular weight is 320 g/mol. The number of aryl methyl sites for hydroxylation is 1. The molecule has 7 heteroatoms. The van der Waals surface area contributed by atoms with Gasteiger partial charge >= 0.3 is 6.03 Å². The largest absolute Gasteiger partial charge is 0.339 e. The normalized spacial score (nSPS) is 10.8. The van der Waals surface area contributed by atoms with Crippen molar-refractivity contribution in [3.05, 3.63) is 36.0 Å². The second-order valence-corrected chi connectivity index (χ2v) is 5.56. The SMILES string of the molecule is CC(C)N(C)C(=O)NCCCc1nc(-c2ccc(F)cc2)no1. The first-order chi connectivity index (χ1) is 11.0. The second kappa shape index (κ2) is 7.71. The van der Waals surface area contributed by atoms with E-state index in [0.29, 0.717) is 36.7 Å². The molecule has 1 aromatic carbocycles. The molecular weight excluding hydrogens is 299 g/mol. The summed E-state index contributed by atoms with van der Waals surface area (Å²) in [6.45, 7) is 4.44. The zero-order chi connectivity index (χ0) is 16.8. The van der Waals surface area contributed by atoms with Crippen LogP contribution in [-0.4, -0.2) is 40.7 Å². The molecule has 0 bridgehead atoms. The van der Waals surface area contributed by atoms with Crippen LogP contribution in [0.1, 0.15) is 26.2 Å². The van der Waals surface area contributed by atoms with Gasteiger partial charge in [-0.25, -0.2) is 9.18 Å². The Morgan fingerprint density at radius 3 is 2.70 bits per heavy atom. The zero-order valence-corrected chi connectivity index (χ0v) is 13.5. The maximum Gasteiger partial charge on any atom is 0.317 e. The topological polar surface area (TPSA) is 71.3 Å². The summed E-state index contributed by atoms with van der Waals surface area (Å²) < 4.78 is 18.0. The van der Waals surface area contributed by atoms with Gasteiger partial charge in [-0.2, -0.15) is 4.98 Å². The molecule has 0 aliphatic carbocycles. The molecule has 1 aromatic heterocycles. The predicted molar refractivity (Wildman–Crippen MR) is 84.3 cm³/mol. The number of hydrogen-bond donors (Lipinski definition) is 1. The van der Waals surface area contributed by atoms with Crippen LogP contribution in [-0.2, 0) is 6.42 Å². The summed E-state index contributed by atoms with van der Waals surface area (Å²) in [4.78, 5) is 17.7. The Balaban J connectivity index is 1.79. The van der Waals surface area contributed by atoms with Crippen molar-refractivity contribution in [2.24, 2.45) is 0 Å². The highest BCUT2D eigenvalue weighted by molar-refractivity contribution is 5.74. The summed E-state index contributed by atoms with van der Waals surface area (Å²) in [6.07, 6.45) is 1.27. The van der Waals surface area contributed by atoms with Crippen molar-refractivity contribution < 1.29 is 13.7 Å². The highest BCUT2D eigenvalue weighted by Gasteiger charge is 2.11. The number of amides is 2. The Labute approximate surface area is 134 Å². The first-order valence-corrected chi connectivity index (χ1v) is 7.56. The molecule has 124 valence electrons. The summed E-state index contributed by atoms with van der Waals surface area (Å²) in [5, 5.41) is 6.71. The van der Waals surface area contributed by atoms with Crippen molar-refractivity contribution >= 4 is 6.03 Å². The van der Waals surface area contributed by atoms with E-state index in [9.17, 15) is 9.18 Å². The standard InChI is InChI=1S/C16H21FN4O2/c1-11(2)21(3)16(22)18-10-4-5-14-19-15(20-23-14)12-6-8-13(17)9-7-12/h6-9,11H,4-5,10H2,1-3H3,(H,18,22). The van der Waals surface area contributed by atoms with Crippen LogP contribution < -0.4 is 5.32 Å². The predicted octanol–water partition coefficient (Wildman–Crippen LogP) is 2.86. The van der Waals surface area contributed by atoms with Crippen LogP contribution in [0, 0.1) is 5.82 Å². The molecular formula is C16H21FN4O2. The molecule has 0 saturated carbocycles. The number of urea groups is 1. The first kappa shape index (κ1) is 16.9. The molecule has 0 unspecified atom stereocenters. The van der Waals surface area contributed by atoms with Gasteiger partial charge in [-0.15, -0.1) is 0 Å². The van der Waals surface area contributed by atoms with E-state index < -0.39 is 0 Å². The highest BCUT2D eigenvalue weighted by atomic mass is 19.1. The fourth-order valence-electron chi connectivity index (χ4n) is 1.87. The van der Waals surface area contributed by atoms with Gasteiger partial charge in [0.1, 0.15) is 5.82 Å². The van der Waals surface area contributed by atoms with Gasteiger partial charge in [0.15, 0.2) is 0 Å². The minimum Gasteiger partial charge on any atom is -0.339 e. The smallest absolute Gasteiger partial charge is 0.317 e. The summed E-state index contributed by atoms with van der Waals surface area (Å²) in [5.74, 6) is 0.624. The fraction of sp³-hybridized carbons (Fsp3) is 0.438. The molecule has 1 N–H and O–H groups in total. The third-order valence-corrected chi connectivity index (χ3v) is 3.51. The lowest BCUT2D eigenvalue weighted by molar-refractivity contribution is 0.197. The molecule has 0 radical (unpaired) electrons. The number of hydrogen-bond acceptors (Lipinski definition) is 4. The van der Waals surface area contributed by atoms with Gasteiger partial charge in [0, 0.05) is 31.6 Å². The molecule has 2 rings (SSSR count). The van der Waals surface area contributed by atoms with E-state index in [0.717, 1.165) is 0 Å². The quantitative estimate of drug-likeness (QED) is 0.831. The van der Waals surface area contributed by atoms with E-state index in [-0.39, 0.29) is 17.9 Å². The molecule has 0 aliphatic heterocycles. The molecule has 0 saturated heterocycles. The lowest BCUT2D eigenvalue weighted by Crippen LogP contribution is -2.41. The van der Waals surface area contributed by atoms with E-state index in [1.54, 1.807) is 24.1 Å². The third kappa shape index (κ3) is 4.77. The molecule has 0 atom stereocenters. The first-order valence-electron chi connectivity index (χ1n) is 7.56. The summed E-state index contributed by atoms with van der Waals surface area (Å²) in [6, 6.07) is 5.97. The lowest BCUT2D eigenvalue weighted by Gasteiger charge is -2.21. The Morgan fingerprint density at radius 1 is 1.35 bits per heavy atom. The van der Waals surface area contributed by atoms with Gasteiger partial charge in [0.25, 0.3) is 0 Å². The van der Waals surface area contributed by atoms with Crippen molar-refractivity contribution in [3.8, 4) is 11.4 Å². The number of halogens is 1. The highest BCUT2D eigenvalue weighted by Crippen LogP contribution is 2.16. The Morgan fingerprint density at radius 2 is 2.04 bits per heavy atom. The minimum atomic E-state index is -0.306. The van der Waals surface area contributed by atoms with Crippen LogP contribution in [0.15, 0.2) is 28.8 Å². The van der Waals surface area contributed by atoms with E-state index in [4.69, 9.17) is 4.52 Å². The zero-order valence-electron chi connectivity index (χ0n) is 13.5. The van der Waals surface area contributed by atoms with Crippen LogP contribution in [0.4, 0.5) is 9.18 Å². The molecule has 0 spiro atoms. The van der Waals surface area contributed by atoms with Crippen molar-refractivity contribution in [2.75, 3.05) is 13.6 Å². The second-order valence-electron chi connectivity index (χ2n) is 5.56. The van der Waals surface area contributed by atoms with Gasteiger partial charge in [-0.1, -0.05) is 5.16 Å². The van der Waals surface area contributed by atoms with Crippen molar-refractivity contribution in [1.29, 1.82) is 0 Å². The van der Waals surface area contributed by atoms with Crippen molar-refractivity contribution in [2.45, 2.75) is 32.7 Å². The molecule has 2 aromatic rings. The van der Waals surface area contributed by atoms with Crippen LogP contribution in [0.3, 0.4) is 0 Å². The molecule has 1 heterocycles. The van der Waals surface area contributed by atoms with E-state index in [2.05, 4.69) is 15.5 Å². The van der Waals surface area contributed by atoms with Gasteiger partial charge in [-0.05, 0) is 44.5 Å². The van der Waals surface area contributed by atoms with Gasteiger partial charge in [-0.3, -0.25) is 0 Å². The van der Waals surface area contributed by atoms with Gasteiger partial charge < -0.3 is 14.7 Å². The monoisotopic (exact) mass is 320 g/mol.